The molecular weight excluding hydrogens is 460 g/mol. The third kappa shape index (κ3) is 5.37. The van der Waals surface area contributed by atoms with Gasteiger partial charge in [-0.25, -0.2) is 4.79 Å². The van der Waals surface area contributed by atoms with E-state index in [9.17, 15) is 9.59 Å². The first-order chi connectivity index (χ1) is 16.5. The van der Waals surface area contributed by atoms with Crippen molar-refractivity contribution < 1.29 is 23.6 Å². The van der Waals surface area contributed by atoms with E-state index in [-0.39, 0.29) is 18.5 Å². The van der Waals surface area contributed by atoms with Gasteiger partial charge in [-0.15, -0.1) is 0 Å². The Labute approximate surface area is 202 Å². The second-order valence-corrected chi connectivity index (χ2v) is 8.23. The van der Waals surface area contributed by atoms with Gasteiger partial charge in [0.15, 0.2) is 6.61 Å². The average molecular weight is 485 g/mol. The summed E-state index contributed by atoms with van der Waals surface area (Å²) in [5.74, 6) is 1.08. The summed E-state index contributed by atoms with van der Waals surface area (Å²) in [6.07, 6.45) is 0. The van der Waals surface area contributed by atoms with Gasteiger partial charge in [0.2, 0.25) is 11.7 Å². The number of esters is 1. The minimum absolute atomic E-state index is 0.0765. The molecule has 1 saturated heterocycles. The van der Waals surface area contributed by atoms with Crippen molar-refractivity contribution >= 4 is 23.5 Å². The van der Waals surface area contributed by atoms with Gasteiger partial charge in [0.05, 0.1) is 7.11 Å². The standard InChI is InChI=1S/C24H25ClN4O5/c1-16-26-21(27-34-16)15-33-18-9-7-17(8-10-18)23(30)29-13-11-28(12-14-29)22(24(31)32-2)19-5-3-4-6-20(19)25/h3-10,22H,11-15H2,1-2H3. The molecule has 1 aromatic heterocycles. The van der Waals surface area contributed by atoms with Crippen LogP contribution in [0.15, 0.2) is 53.1 Å². The maximum atomic E-state index is 13.0. The molecule has 1 unspecified atom stereocenters. The summed E-state index contributed by atoms with van der Waals surface area (Å²) < 4.78 is 15.6. The Hall–Kier alpha value is -3.43. The summed E-state index contributed by atoms with van der Waals surface area (Å²) in [5, 5.41) is 4.29. The predicted molar refractivity (Wildman–Crippen MR) is 123 cm³/mol. The number of halogens is 1. The molecule has 1 fully saturated rings. The largest absolute Gasteiger partial charge is 0.485 e. The number of hydrogen-bond acceptors (Lipinski definition) is 8. The molecule has 10 heteroatoms. The molecular formula is C24H25ClN4O5. The summed E-state index contributed by atoms with van der Waals surface area (Å²) in [6.45, 7) is 3.88. The van der Waals surface area contributed by atoms with Crippen molar-refractivity contribution in [2.75, 3.05) is 33.3 Å². The van der Waals surface area contributed by atoms with Crippen LogP contribution in [0.2, 0.25) is 5.02 Å². The molecule has 1 amide bonds. The number of aromatic nitrogens is 2. The lowest BCUT2D eigenvalue weighted by Crippen LogP contribution is -2.51. The van der Waals surface area contributed by atoms with E-state index in [1.54, 1.807) is 42.2 Å². The van der Waals surface area contributed by atoms with Crippen LogP contribution in [-0.2, 0) is 16.1 Å². The number of benzene rings is 2. The van der Waals surface area contributed by atoms with Crippen LogP contribution in [0.3, 0.4) is 0 Å². The summed E-state index contributed by atoms with van der Waals surface area (Å²) in [7, 11) is 1.36. The maximum Gasteiger partial charge on any atom is 0.327 e. The molecule has 3 aromatic rings. The number of carbonyl (C=O) groups excluding carboxylic acids is 2. The van der Waals surface area contributed by atoms with Gasteiger partial charge in [-0.3, -0.25) is 9.69 Å². The molecule has 0 bridgehead atoms. The van der Waals surface area contributed by atoms with E-state index < -0.39 is 6.04 Å². The molecule has 178 valence electrons. The van der Waals surface area contributed by atoms with Crippen LogP contribution < -0.4 is 4.74 Å². The summed E-state index contributed by atoms with van der Waals surface area (Å²) in [4.78, 5) is 33.4. The Morgan fingerprint density at radius 3 is 2.41 bits per heavy atom. The van der Waals surface area contributed by atoms with Crippen LogP contribution in [0.25, 0.3) is 0 Å². The topological polar surface area (TPSA) is 98.0 Å². The molecule has 0 spiro atoms. The molecule has 4 rings (SSSR count). The van der Waals surface area contributed by atoms with Gasteiger partial charge in [-0.05, 0) is 35.9 Å². The molecule has 2 heterocycles. The van der Waals surface area contributed by atoms with Crippen LogP contribution in [0, 0.1) is 6.92 Å². The Balaban J connectivity index is 1.36. The number of carbonyl (C=O) groups is 2. The van der Waals surface area contributed by atoms with E-state index >= 15 is 0 Å². The van der Waals surface area contributed by atoms with Crippen molar-refractivity contribution in [3.63, 3.8) is 0 Å². The lowest BCUT2D eigenvalue weighted by Gasteiger charge is -2.38. The van der Waals surface area contributed by atoms with Gasteiger partial charge >= 0.3 is 5.97 Å². The number of aryl methyl sites for hydroxylation is 1. The highest BCUT2D eigenvalue weighted by Crippen LogP contribution is 2.29. The summed E-state index contributed by atoms with van der Waals surface area (Å²) in [6, 6.07) is 13.6. The Morgan fingerprint density at radius 2 is 1.79 bits per heavy atom. The van der Waals surface area contributed by atoms with Crippen LogP contribution in [0.4, 0.5) is 0 Å². The number of amides is 1. The first-order valence-corrected chi connectivity index (χ1v) is 11.2. The van der Waals surface area contributed by atoms with Gasteiger partial charge in [0, 0.05) is 43.7 Å². The third-order valence-corrected chi connectivity index (χ3v) is 5.97. The molecule has 0 N–H and O–H groups in total. The minimum atomic E-state index is -0.615. The monoisotopic (exact) mass is 484 g/mol. The number of methoxy groups -OCH3 is 1. The molecule has 1 atom stereocenters. The number of rotatable bonds is 7. The zero-order valence-electron chi connectivity index (χ0n) is 18.9. The predicted octanol–water partition coefficient (Wildman–Crippen LogP) is 3.28. The van der Waals surface area contributed by atoms with E-state index in [2.05, 4.69) is 10.1 Å². The molecule has 0 saturated carbocycles. The van der Waals surface area contributed by atoms with Crippen molar-refractivity contribution in [3.8, 4) is 5.75 Å². The smallest absolute Gasteiger partial charge is 0.327 e. The van der Waals surface area contributed by atoms with Crippen molar-refractivity contribution in [2.24, 2.45) is 0 Å². The second-order valence-electron chi connectivity index (χ2n) is 7.82. The Morgan fingerprint density at radius 1 is 1.09 bits per heavy atom. The first kappa shape index (κ1) is 23.7. The van der Waals surface area contributed by atoms with Crippen molar-refractivity contribution in [3.05, 3.63) is 76.4 Å². The highest BCUT2D eigenvalue weighted by Gasteiger charge is 2.33. The molecule has 1 aliphatic heterocycles. The zero-order chi connectivity index (χ0) is 24.1. The lowest BCUT2D eigenvalue weighted by molar-refractivity contribution is -0.148. The lowest BCUT2D eigenvalue weighted by atomic mass is 10.0. The fourth-order valence-electron chi connectivity index (χ4n) is 3.89. The normalized spacial score (nSPS) is 15.1. The van der Waals surface area contributed by atoms with Crippen LogP contribution >= 0.6 is 11.6 Å². The number of nitrogens with zero attached hydrogens (tertiary/aromatic N) is 4. The second kappa shape index (κ2) is 10.7. The quantitative estimate of drug-likeness (QED) is 0.471. The molecule has 0 radical (unpaired) electrons. The van der Waals surface area contributed by atoms with Crippen molar-refractivity contribution in [1.82, 2.24) is 19.9 Å². The van der Waals surface area contributed by atoms with E-state index in [1.807, 2.05) is 23.1 Å². The highest BCUT2D eigenvalue weighted by molar-refractivity contribution is 6.31. The van der Waals surface area contributed by atoms with E-state index in [4.69, 9.17) is 25.6 Å². The van der Waals surface area contributed by atoms with Crippen molar-refractivity contribution in [1.29, 1.82) is 0 Å². The van der Waals surface area contributed by atoms with Gasteiger partial charge in [0.1, 0.15) is 11.8 Å². The summed E-state index contributed by atoms with van der Waals surface area (Å²) >= 11 is 6.35. The van der Waals surface area contributed by atoms with E-state index in [0.717, 1.165) is 0 Å². The van der Waals surface area contributed by atoms with Gasteiger partial charge < -0.3 is 18.9 Å². The van der Waals surface area contributed by atoms with Crippen LogP contribution in [0.1, 0.15) is 33.7 Å². The van der Waals surface area contributed by atoms with Crippen LogP contribution in [-0.4, -0.2) is 65.1 Å². The SMILES string of the molecule is COC(=O)C(c1ccccc1Cl)N1CCN(C(=O)c2ccc(OCc3noc(C)n3)cc2)CC1. The molecule has 34 heavy (non-hydrogen) atoms. The minimum Gasteiger partial charge on any atom is -0.485 e. The average Bonchev–Trinajstić information content (AvgIpc) is 3.29. The fourth-order valence-corrected chi connectivity index (χ4v) is 4.13. The van der Waals surface area contributed by atoms with Gasteiger partial charge in [-0.2, -0.15) is 4.98 Å². The van der Waals surface area contributed by atoms with Gasteiger partial charge in [0.25, 0.3) is 5.91 Å². The maximum absolute atomic E-state index is 13.0. The molecule has 1 aliphatic rings. The van der Waals surface area contributed by atoms with Gasteiger partial charge in [-0.1, -0.05) is 35.0 Å². The number of hydrogen-bond donors (Lipinski definition) is 0. The van der Waals surface area contributed by atoms with E-state index in [0.29, 0.717) is 59.8 Å². The highest BCUT2D eigenvalue weighted by atomic mass is 35.5. The Kier molecular flexibility index (Phi) is 7.44. The number of ether oxygens (including phenoxy) is 2. The molecule has 0 aliphatic carbocycles. The van der Waals surface area contributed by atoms with Crippen molar-refractivity contribution in [2.45, 2.75) is 19.6 Å². The third-order valence-electron chi connectivity index (χ3n) is 5.63. The molecule has 2 aromatic carbocycles. The van der Waals surface area contributed by atoms with Crippen LogP contribution in [0.5, 0.6) is 5.75 Å². The first-order valence-electron chi connectivity index (χ1n) is 10.8. The van der Waals surface area contributed by atoms with E-state index in [1.165, 1.54) is 7.11 Å². The zero-order valence-corrected chi connectivity index (χ0v) is 19.7. The fraction of sp³-hybridized carbons (Fsp3) is 0.333. The number of piperazine rings is 1. The Bertz CT molecular complexity index is 1140. The molecule has 9 nitrogen and oxygen atoms in total. The summed E-state index contributed by atoms with van der Waals surface area (Å²) in [5.41, 5.74) is 1.26.